The summed E-state index contributed by atoms with van der Waals surface area (Å²) in [6.45, 7) is 5.59. The van der Waals surface area contributed by atoms with Crippen molar-refractivity contribution in [3.8, 4) is 5.75 Å². The van der Waals surface area contributed by atoms with Gasteiger partial charge in [0.25, 0.3) is 0 Å². The molecule has 4 atom stereocenters. The Morgan fingerprint density at radius 3 is 2.81 bits per heavy atom. The van der Waals surface area contributed by atoms with Gasteiger partial charge in [0.2, 0.25) is 0 Å². The van der Waals surface area contributed by atoms with E-state index in [1.165, 1.54) is 62.5 Å². The molecule has 3 aliphatic carbocycles. The van der Waals surface area contributed by atoms with Gasteiger partial charge in [0.05, 0.1) is 13.2 Å². The van der Waals surface area contributed by atoms with E-state index >= 15 is 0 Å². The second kappa shape index (κ2) is 7.38. The van der Waals surface area contributed by atoms with Crippen LogP contribution in [-0.4, -0.2) is 19.8 Å². The summed E-state index contributed by atoms with van der Waals surface area (Å²) < 4.78 is 11.9. The molecule has 0 aromatic heterocycles. The van der Waals surface area contributed by atoms with E-state index < -0.39 is 0 Å². The third-order valence-electron chi connectivity index (χ3n) is 7.53. The molecule has 142 valence electrons. The van der Waals surface area contributed by atoms with Crippen LogP contribution in [-0.2, 0) is 11.2 Å². The van der Waals surface area contributed by atoms with Gasteiger partial charge in [0.15, 0.2) is 0 Å². The maximum absolute atomic E-state index is 6.44. The van der Waals surface area contributed by atoms with Crippen molar-refractivity contribution >= 4 is 5.57 Å². The quantitative estimate of drug-likeness (QED) is 0.580. The van der Waals surface area contributed by atoms with Crippen molar-refractivity contribution in [1.82, 2.24) is 0 Å². The number of ether oxygens (including phenoxy) is 2. The van der Waals surface area contributed by atoms with Crippen LogP contribution in [0.15, 0.2) is 24.3 Å². The zero-order chi connectivity index (χ0) is 18.1. The molecular weight excluding hydrogens is 320 g/mol. The number of fused-ring (bicyclic) bond motifs is 5. The summed E-state index contributed by atoms with van der Waals surface area (Å²) in [7, 11) is 1.76. The van der Waals surface area contributed by atoms with Crippen LogP contribution in [0.4, 0.5) is 0 Å². The highest BCUT2D eigenvalue weighted by Gasteiger charge is 2.54. The Morgan fingerprint density at radius 1 is 1.15 bits per heavy atom. The van der Waals surface area contributed by atoms with Crippen LogP contribution in [0.25, 0.3) is 5.57 Å². The third kappa shape index (κ3) is 2.81. The number of rotatable bonds is 6. The molecule has 1 aromatic rings. The summed E-state index contributed by atoms with van der Waals surface area (Å²) in [5, 5.41) is 0. The number of benzene rings is 1. The number of hydrogen-bond acceptors (Lipinski definition) is 2. The van der Waals surface area contributed by atoms with Crippen LogP contribution in [0.2, 0.25) is 0 Å². The van der Waals surface area contributed by atoms with E-state index in [2.05, 4.69) is 38.1 Å². The van der Waals surface area contributed by atoms with Crippen LogP contribution < -0.4 is 4.74 Å². The van der Waals surface area contributed by atoms with Gasteiger partial charge in [-0.25, -0.2) is 0 Å². The Labute approximate surface area is 159 Å². The van der Waals surface area contributed by atoms with Crippen molar-refractivity contribution in [2.45, 2.75) is 71.3 Å². The van der Waals surface area contributed by atoms with Gasteiger partial charge in [-0.3, -0.25) is 0 Å². The van der Waals surface area contributed by atoms with E-state index in [9.17, 15) is 0 Å². The van der Waals surface area contributed by atoms with Gasteiger partial charge >= 0.3 is 0 Å². The molecule has 0 amide bonds. The van der Waals surface area contributed by atoms with Crippen molar-refractivity contribution in [3.05, 3.63) is 35.4 Å². The van der Waals surface area contributed by atoms with E-state index in [0.29, 0.717) is 11.5 Å². The number of allylic oxidation sites excluding steroid dienone is 2. The lowest BCUT2D eigenvalue weighted by molar-refractivity contribution is -0.0491. The van der Waals surface area contributed by atoms with Crippen molar-refractivity contribution in [1.29, 1.82) is 0 Å². The molecule has 1 aromatic carbocycles. The molecule has 0 spiro atoms. The van der Waals surface area contributed by atoms with Gasteiger partial charge in [0.1, 0.15) is 5.75 Å². The molecule has 0 saturated heterocycles. The van der Waals surface area contributed by atoms with Crippen LogP contribution in [0.5, 0.6) is 5.75 Å². The number of hydrogen-bond donors (Lipinski definition) is 0. The van der Waals surface area contributed by atoms with Crippen molar-refractivity contribution < 1.29 is 9.47 Å². The van der Waals surface area contributed by atoms with Gasteiger partial charge in [-0.15, -0.1) is 0 Å². The minimum atomic E-state index is 0.381. The zero-order valence-electron chi connectivity index (χ0n) is 16.7. The Hall–Kier alpha value is -1.28. The third-order valence-corrected chi connectivity index (χ3v) is 7.53. The Morgan fingerprint density at radius 2 is 2.04 bits per heavy atom. The van der Waals surface area contributed by atoms with E-state index in [1.807, 2.05) is 0 Å². The van der Waals surface area contributed by atoms with E-state index in [-0.39, 0.29) is 0 Å². The molecule has 2 heteroatoms. The van der Waals surface area contributed by atoms with Gasteiger partial charge in [-0.2, -0.15) is 0 Å². The first kappa shape index (κ1) is 18.1. The molecule has 2 unspecified atom stereocenters. The fourth-order valence-corrected chi connectivity index (χ4v) is 6.11. The Bertz CT molecular complexity index is 677. The average Bonchev–Trinajstić information content (AvgIpc) is 3.06. The molecule has 1 fully saturated rings. The van der Waals surface area contributed by atoms with E-state index in [1.54, 1.807) is 12.7 Å². The maximum atomic E-state index is 6.44. The van der Waals surface area contributed by atoms with Crippen molar-refractivity contribution in [2.24, 2.45) is 17.3 Å². The lowest BCUT2D eigenvalue weighted by Gasteiger charge is -2.48. The lowest BCUT2D eigenvalue weighted by atomic mass is 9.58. The average molecular weight is 355 g/mol. The molecule has 26 heavy (non-hydrogen) atoms. The summed E-state index contributed by atoms with van der Waals surface area (Å²) in [5.41, 5.74) is 4.97. The monoisotopic (exact) mass is 354 g/mol. The Balaban J connectivity index is 1.63. The minimum Gasteiger partial charge on any atom is -0.497 e. The van der Waals surface area contributed by atoms with Crippen LogP contribution >= 0.6 is 0 Å². The first-order valence-electron chi connectivity index (χ1n) is 10.7. The molecule has 0 bridgehead atoms. The summed E-state index contributed by atoms with van der Waals surface area (Å²) in [5.74, 6) is 2.52. The maximum Gasteiger partial charge on any atom is 0.119 e. The lowest BCUT2D eigenvalue weighted by Crippen LogP contribution is -2.43. The fraction of sp³-hybridized carbons (Fsp3) is 0.667. The second-order valence-corrected chi connectivity index (χ2v) is 8.52. The van der Waals surface area contributed by atoms with Gasteiger partial charge in [-0.1, -0.05) is 32.4 Å². The SMILES string of the molecule is CCCCO[C@H]1CCC2C3CCc4cc(OC)ccc4C3=CC[C@@]21CC. The van der Waals surface area contributed by atoms with Gasteiger partial charge in [-0.05, 0) is 85.6 Å². The molecular formula is C24H34O2. The van der Waals surface area contributed by atoms with E-state index in [0.717, 1.165) is 24.2 Å². The fourth-order valence-electron chi connectivity index (χ4n) is 6.11. The predicted octanol–water partition coefficient (Wildman–Crippen LogP) is 6.04. The van der Waals surface area contributed by atoms with Crippen molar-refractivity contribution in [2.75, 3.05) is 13.7 Å². The van der Waals surface area contributed by atoms with Crippen LogP contribution in [0.3, 0.4) is 0 Å². The molecule has 4 rings (SSSR count). The zero-order valence-corrected chi connectivity index (χ0v) is 16.7. The first-order valence-corrected chi connectivity index (χ1v) is 10.7. The highest BCUT2D eigenvalue weighted by molar-refractivity contribution is 5.73. The molecule has 0 radical (unpaired) electrons. The predicted molar refractivity (Wildman–Crippen MR) is 107 cm³/mol. The van der Waals surface area contributed by atoms with Crippen LogP contribution in [0, 0.1) is 17.3 Å². The minimum absolute atomic E-state index is 0.381. The molecule has 1 saturated carbocycles. The molecule has 0 heterocycles. The number of methoxy groups -OCH3 is 1. The van der Waals surface area contributed by atoms with E-state index in [4.69, 9.17) is 9.47 Å². The summed E-state index contributed by atoms with van der Waals surface area (Å²) in [6.07, 6.45) is 13.0. The summed E-state index contributed by atoms with van der Waals surface area (Å²) in [6, 6.07) is 6.68. The molecule has 3 aliphatic rings. The van der Waals surface area contributed by atoms with Gasteiger partial charge in [0, 0.05) is 12.0 Å². The van der Waals surface area contributed by atoms with Gasteiger partial charge < -0.3 is 9.47 Å². The highest BCUT2D eigenvalue weighted by Crippen LogP contribution is 2.60. The Kier molecular flexibility index (Phi) is 5.14. The molecule has 2 nitrogen and oxygen atoms in total. The largest absolute Gasteiger partial charge is 0.497 e. The number of unbranched alkanes of at least 4 members (excludes halogenated alkanes) is 1. The normalized spacial score (nSPS) is 32.4. The number of aryl methyl sites for hydroxylation is 1. The molecule has 0 aliphatic heterocycles. The summed E-state index contributed by atoms with van der Waals surface area (Å²) >= 11 is 0. The second-order valence-electron chi connectivity index (χ2n) is 8.52. The first-order chi connectivity index (χ1) is 12.7. The standard InChI is InChI=1S/C24H34O2/c1-4-6-15-26-23-12-11-22-21-9-7-17-16-18(25-3)8-10-19(17)20(21)13-14-24(22,23)5-2/h8,10,13,16,21-23H,4-7,9,11-12,14-15H2,1-3H3/t21?,22?,23-,24-/m0/s1. The summed E-state index contributed by atoms with van der Waals surface area (Å²) in [4.78, 5) is 0. The van der Waals surface area contributed by atoms with Crippen molar-refractivity contribution in [3.63, 3.8) is 0 Å². The molecule has 0 N–H and O–H groups in total. The smallest absolute Gasteiger partial charge is 0.119 e. The van der Waals surface area contributed by atoms with Crippen LogP contribution in [0.1, 0.15) is 69.9 Å². The topological polar surface area (TPSA) is 18.5 Å². The highest BCUT2D eigenvalue weighted by atomic mass is 16.5.